The zero-order chi connectivity index (χ0) is 18.4. The number of ether oxygens (including phenoxy) is 2. The zero-order valence-electron chi connectivity index (χ0n) is 13.1. The molecule has 0 aliphatic carbocycles. The summed E-state index contributed by atoms with van der Waals surface area (Å²) >= 11 is 17.6. The lowest BCUT2D eigenvalue weighted by Crippen LogP contribution is -2.31. The van der Waals surface area contributed by atoms with Crippen molar-refractivity contribution in [2.24, 2.45) is 0 Å². The molecule has 5 nitrogen and oxygen atoms in total. The van der Waals surface area contributed by atoms with Crippen LogP contribution >= 0.6 is 34.8 Å². The number of hydrogen-bond acceptors (Lipinski definition) is 4. The number of carbonyl (C=O) groups is 2. The Morgan fingerprint density at radius 2 is 1.68 bits per heavy atom. The lowest BCUT2D eigenvalue weighted by Gasteiger charge is -2.14. The normalized spacial score (nSPS) is 11.5. The van der Waals surface area contributed by atoms with E-state index in [9.17, 15) is 9.59 Å². The molecule has 2 aromatic carbocycles. The van der Waals surface area contributed by atoms with Gasteiger partial charge in [0.05, 0.1) is 15.1 Å². The van der Waals surface area contributed by atoms with Crippen LogP contribution in [0.15, 0.2) is 42.5 Å². The van der Waals surface area contributed by atoms with Crippen LogP contribution in [0.25, 0.3) is 0 Å². The molecule has 0 bridgehead atoms. The Labute approximate surface area is 159 Å². The van der Waals surface area contributed by atoms with Crippen molar-refractivity contribution in [3.63, 3.8) is 0 Å². The number of esters is 1. The van der Waals surface area contributed by atoms with Crippen molar-refractivity contribution in [3.05, 3.63) is 57.5 Å². The van der Waals surface area contributed by atoms with Gasteiger partial charge in [0.15, 0.2) is 12.7 Å². The van der Waals surface area contributed by atoms with E-state index in [2.05, 4.69) is 5.32 Å². The molecule has 0 radical (unpaired) electrons. The Hall–Kier alpha value is -1.95. The Kier molecular flexibility index (Phi) is 6.93. The van der Waals surface area contributed by atoms with Gasteiger partial charge in [-0.05, 0) is 25.1 Å². The van der Waals surface area contributed by atoms with Crippen molar-refractivity contribution in [2.75, 3.05) is 11.9 Å². The summed E-state index contributed by atoms with van der Waals surface area (Å²) in [4.78, 5) is 23.8. The summed E-state index contributed by atoms with van der Waals surface area (Å²) in [7, 11) is 0. The van der Waals surface area contributed by atoms with Crippen LogP contribution in [-0.2, 0) is 14.3 Å². The van der Waals surface area contributed by atoms with Gasteiger partial charge in [0.2, 0.25) is 0 Å². The average molecular weight is 403 g/mol. The second kappa shape index (κ2) is 8.94. The van der Waals surface area contributed by atoms with Gasteiger partial charge in [-0.15, -0.1) is 0 Å². The van der Waals surface area contributed by atoms with Crippen LogP contribution in [0.4, 0.5) is 5.69 Å². The van der Waals surface area contributed by atoms with Crippen LogP contribution in [-0.4, -0.2) is 24.6 Å². The Bertz CT molecular complexity index is 768. The third-order valence-electron chi connectivity index (χ3n) is 3.04. The maximum absolute atomic E-state index is 12.0. The number of anilines is 1. The largest absolute Gasteiger partial charge is 0.480 e. The van der Waals surface area contributed by atoms with E-state index in [1.807, 2.05) is 6.07 Å². The first-order chi connectivity index (χ1) is 11.9. The number of rotatable bonds is 6. The van der Waals surface area contributed by atoms with Crippen LogP contribution in [0, 0.1) is 0 Å². The molecule has 2 rings (SSSR count). The highest BCUT2D eigenvalue weighted by Gasteiger charge is 2.19. The minimum atomic E-state index is -0.986. The number of halogens is 3. The van der Waals surface area contributed by atoms with E-state index in [1.54, 1.807) is 24.3 Å². The molecule has 0 saturated carbocycles. The van der Waals surface area contributed by atoms with Gasteiger partial charge in [0.25, 0.3) is 5.91 Å². The van der Waals surface area contributed by atoms with E-state index in [-0.39, 0.29) is 20.8 Å². The van der Waals surface area contributed by atoms with Gasteiger partial charge >= 0.3 is 5.97 Å². The molecular formula is C17H14Cl3NO4. The lowest BCUT2D eigenvalue weighted by molar-refractivity contribution is -0.155. The third kappa shape index (κ3) is 5.81. The highest BCUT2D eigenvalue weighted by Crippen LogP contribution is 2.33. The summed E-state index contributed by atoms with van der Waals surface area (Å²) < 4.78 is 10.3. The molecule has 0 aliphatic heterocycles. The molecule has 0 unspecified atom stereocenters. The van der Waals surface area contributed by atoms with Crippen LogP contribution in [0.2, 0.25) is 15.1 Å². The van der Waals surface area contributed by atoms with E-state index in [4.69, 9.17) is 44.3 Å². The first kappa shape index (κ1) is 19.4. The van der Waals surface area contributed by atoms with Gasteiger partial charge < -0.3 is 14.8 Å². The maximum Gasteiger partial charge on any atom is 0.344 e. The average Bonchev–Trinajstić information content (AvgIpc) is 2.57. The Morgan fingerprint density at radius 3 is 2.36 bits per heavy atom. The standard InChI is InChI=1S/C17H14Cl3NO4/c1-10(17(23)21-11-5-3-2-4-6-11)25-16(22)9-24-15-8-13(19)12(18)7-14(15)20/h2-8,10H,9H2,1H3,(H,21,23)/t10-/m1/s1. The van der Waals surface area contributed by atoms with Crippen LogP contribution in [0.5, 0.6) is 5.75 Å². The summed E-state index contributed by atoms with van der Waals surface area (Å²) in [6.07, 6.45) is -0.986. The van der Waals surface area contributed by atoms with Gasteiger partial charge in [0.1, 0.15) is 5.75 Å². The predicted octanol–water partition coefficient (Wildman–Crippen LogP) is 4.60. The monoisotopic (exact) mass is 401 g/mol. The number of carbonyl (C=O) groups excluding carboxylic acids is 2. The highest BCUT2D eigenvalue weighted by molar-refractivity contribution is 6.43. The minimum absolute atomic E-state index is 0.189. The fraction of sp³-hybridized carbons (Fsp3) is 0.176. The van der Waals surface area contributed by atoms with Gasteiger partial charge in [-0.3, -0.25) is 4.79 Å². The first-order valence-electron chi connectivity index (χ1n) is 7.19. The van der Waals surface area contributed by atoms with E-state index in [0.29, 0.717) is 5.69 Å². The van der Waals surface area contributed by atoms with Crippen molar-refractivity contribution >= 4 is 52.4 Å². The Morgan fingerprint density at radius 1 is 1.04 bits per heavy atom. The number of benzene rings is 2. The molecule has 1 amide bonds. The number of hydrogen-bond donors (Lipinski definition) is 1. The highest BCUT2D eigenvalue weighted by atomic mass is 35.5. The molecule has 0 saturated heterocycles. The second-order valence-electron chi connectivity index (χ2n) is 4.97. The smallest absolute Gasteiger partial charge is 0.344 e. The van der Waals surface area contributed by atoms with Crippen molar-refractivity contribution in [1.82, 2.24) is 0 Å². The molecule has 0 aromatic heterocycles. The van der Waals surface area contributed by atoms with E-state index in [1.165, 1.54) is 19.1 Å². The quantitative estimate of drug-likeness (QED) is 0.567. The molecule has 8 heteroatoms. The third-order valence-corrected chi connectivity index (χ3v) is 4.06. The molecule has 2 aromatic rings. The van der Waals surface area contributed by atoms with Crippen LogP contribution in [0.3, 0.4) is 0 Å². The number of nitrogens with one attached hydrogen (secondary N) is 1. The molecule has 0 spiro atoms. The topological polar surface area (TPSA) is 64.6 Å². The fourth-order valence-electron chi connectivity index (χ4n) is 1.80. The molecule has 132 valence electrons. The fourth-order valence-corrected chi connectivity index (χ4v) is 2.39. The van der Waals surface area contributed by atoms with Gasteiger partial charge in [-0.1, -0.05) is 53.0 Å². The molecule has 1 atom stereocenters. The van der Waals surface area contributed by atoms with Crippen molar-refractivity contribution in [1.29, 1.82) is 0 Å². The van der Waals surface area contributed by atoms with E-state index in [0.717, 1.165) is 0 Å². The predicted molar refractivity (Wildman–Crippen MR) is 97.6 cm³/mol. The molecule has 0 aliphatic rings. The van der Waals surface area contributed by atoms with E-state index >= 15 is 0 Å². The van der Waals surface area contributed by atoms with Crippen LogP contribution in [0.1, 0.15) is 6.92 Å². The molecular weight excluding hydrogens is 389 g/mol. The maximum atomic E-state index is 12.0. The van der Waals surface area contributed by atoms with Crippen LogP contribution < -0.4 is 10.1 Å². The summed E-state index contributed by atoms with van der Waals surface area (Å²) in [5, 5.41) is 3.35. The molecule has 0 heterocycles. The van der Waals surface area contributed by atoms with Crippen molar-refractivity contribution < 1.29 is 19.1 Å². The zero-order valence-corrected chi connectivity index (χ0v) is 15.4. The van der Waals surface area contributed by atoms with Gasteiger partial charge in [-0.2, -0.15) is 0 Å². The first-order valence-corrected chi connectivity index (χ1v) is 8.33. The summed E-state index contributed by atoms with van der Waals surface area (Å²) in [6.45, 7) is 1.03. The molecule has 0 fully saturated rings. The van der Waals surface area contributed by atoms with E-state index < -0.39 is 24.6 Å². The minimum Gasteiger partial charge on any atom is -0.480 e. The van der Waals surface area contributed by atoms with Crippen molar-refractivity contribution in [3.8, 4) is 5.75 Å². The molecule has 25 heavy (non-hydrogen) atoms. The van der Waals surface area contributed by atoms with Crippen molar-refractivity contribution in [2.45, 2.75) is 13.0 Å². The number of amides is 1. The molecule has 1 N–H and O–H groups in total. The summed E-state index contributed by atoms with van der Waals surface area (Å²) in [5.41, 5.74) is 0.606. The number of para-hydroxylation sites is 1. The SMILES string of the molecule is C[C@@H](OC(=O)COc1cc(Cl)c(Cl)cc1Cl)C(=O)Nc1ccccc1. The summed E-state index contributed by atoms with van der Waals surface area (Å²) in [5.74, 6) is -0.987. The van der Waals surface area contributed by atoms with Gasteiger partial charge in [-0.25, -0.2) is 4.79 Å². The Balaban J connectivity index is 1.85. The second-order valence-corrected chi connectivity index (χ2v) is 6.19. The summed E-state index contributed by atoms with van der Waals surface area (Å²) in [6, 6.07) is 11.6. The van der Waals surface area contributed by atoms with Gasteiger partial charge in [0, 0.05) is 11.8 Å². The lowest BCUT2D eigenvalue weighted by atomic mass is 10.3.